The van der Waals surface area contributed by atoms with Crippen LogP contribution in [0.3, 0.4) is 0 Å². The van der Waals surface area contributed by atoms with Crippen LogP contribution in [-0.2, 0) is 11.3 Å². The summed E-state index contributed by atoms with van der Waals surface area (Å²) in [5.41, 5.74) is 2.51. The Balaban J connectivity index is 1.37. The summed E-state index contributed by atoms with van der Waals surface area (Å²) in [4.78, 5) is 19.3. The van der Waals surface area contributed by atoms with Crippen LogP contribution in [0.5, 0.6) is 5.75 Å². The highest BCUT2D eigenvalue weighted by atomic mass is 16.5. The summed E-state index contributed by atoms with van der Waals surface area (Å²) < 4.78 is 5.40. The van der Waals surface area contributed by atoms with Crippen LogP contribution in [0.4, 0.5) is 5.69 Å². The molecule has 0 saturated carbocycles. The van der Waals surface area contributed by atoms with Gasteiger partial charge in [0, 0.05) is 12.1 Å². The number of benzene rings is 2. The zero-order valence-corrected chi connectivity index (χ0v) is 16.3. The van der Waals surface area contributed by atoms with Gasteiger partial charge >= 0.3 is 0 Å². The Labute approximate surface area is 169 Å². The summed E-state index contributed by atoms with van der Waals surface area (Å²) in [6, 6.07) is 14.7. The van der Waals surface area contributed by atoms with Crippen LogP contribution in [0.25, 0.3) is 11.5 Å². The van der Waals surface area contributed by atoms with Crippen LogP contribution in [-0.4, -0.2) is 39.1 Å². The minimum atomic E-state index is -0.146. The first-order valence-electron chi connectivity index (χ1n) is 9.79. The van der Waals surface area contributed by atoms with Crippen molar-refractivity contribution in [2.75, 3.05) is 18.4 Å². The molecule has 1 fully saturated rings. The molecule has 1 atom stereocenters. The molecular weight excluding hydrogens is 368 g/mol. The lowest BCUT2D eigenvalue weighted by Crippen LogP contribution is -2.40. The second-order valence-corrected chi connectivity index (χ2v) is 7.46. The fraction of sp³-hybridized carbons (Fsp3) is 0.318. The third kappa shape index (κ3) is 4.63. The van der Waals surface area contributed by atoms with Gasteiger partial charge in [-0.25, -0.2) is 0 Å². The molecule has 1 aliphatic rings. The zero-order chi connectivity index (χ0) is 20.2. The highest BCUT2D eigenvalue weighted by molar-refractivity contribution is 5.94. The number of nitrogens with one attached hydrogen (secondary N) is 1. The molecule has 3 aromatic rings. The molecule has 1 aliphatic heterocycles. The molecule has 2 N–H and O–H groups in total. The minimum absolute atomic E-state index is 0.0731. The van der Waals surface area contributed by atoms with Gasteiger partial charge < -0.3 is 14.9 Å². The second kappa shape index (κ2) is 8.45. The van der Waals surface area contributed by atoms with Crippen LogP contribution in [0.1, 0.15) is 24.2 Å². The molecule has 0 radical (unpaired) electrons. The number of nitrogens with zero attached hydrogens (tertiary/aromatic N) is 3. The van der Waals surface area contributed by atoms with Crippen molar-refractivity contribution in [3.05, 3.63) is 59.9 Å². The first-order chi connectivity index (χ1) is 14.1. The van der Waals surface area contributed by atoms with E-state index in [-0.39, 0.29) is 17.6 Å². The second-order valence-electron chi connectivity index (χ2n) is 7.46. The molecule has 29 heavy (non-hydrogen) atoms. The lowest BCUT2D eigenvalue weighted by molar-refractivity contribution is -0.121. The Hall–Kier alpha value is -3.19. The number of hydrogen-bond acceptors (Lipinski definition) is 6. The van der Waals surface area contributed by atoms with Crippen molar-refractivity contribution in [2.24, 2.45) is 5.92 Å². The van der Waals surface area contributed by atoms with Crippen molar-refractivity contribution in [2.45, 2.75) is 26.3 Å². The van der Waals surface area contributed by atoms with E-state index >= 15 is 0 Å². The van der Waals surface area contributed by atoms with Gasteiger partial charge in [-0.2, -0.15) is 4.98 Å². The standard InChI is InChI=1S/C22H24N4O3/c1-15-8-10-16(11-9-15)22-24-20(25-29-22)14-26-12-4-5-17(13-26)21(28)23-18-6-2-3-7-19(18)27/h2-3,6-11,17,27H,4-5,12-14H2,1H3,(H,23,28)/t17-/m0/s1. The van der Waals surface area contributed by atoms with Crippen molar-refractivity contribution in [3.63, 3.8) is 0 Å². The Bertz CT molecular complexity index is 984. The molecule has 7 nitrogen and oxygen atoms in total. The fourth-order valence-electron chi connectivity index (χ4n) is 3.56. The highest BCUT2D eigenvalue weighted by Crippen LogP contribution is 2.25. The maximum atomic E-state index is 12.6. The molecule has 0 bridgehead atoms. The van der Waals surface area contributed by atoms with Gasteiger partial charge in [0.2, 0.25) is 5.91 Å². The first-order valence-corrected chi connectivity index (χ1v) is 9.79. The van der Waals surface area contributed by atoms with Crippen molar-refractivity contribution in [1.82, 2.24) is 15.0 Å². The van der Waals surface area contributed by atoms with Crippen LogP contribution < -0.4 is 5.32 Å². The number of aromatic hydroxyl groups is 1. The molecule has 0 aliphatic carbocycles. The number of para-hydroxylation sites is 2. The smallest absolute Gasteiger partial charge is 0.257 e. The Kier molecular flexibility index (Phi) is 5.57. The van der Waals surface area contributed by atoms with Gasteiger partial charge in [0.1, 0.15) is 5.75 Å². The van der Waals surface area contributed by atoms with Gasteiger partial charge in [0.25, 0.3) is 5.89 Å². The quantitative estimate of drug-likeness (QED) is 0.645. The van der Waals surface area contributed by atoms with Gasteiger partial charge in [-0.3, -0.25) is 9.69 Å². The van der Waals surface area contributed by atoms with Crippen LogP contribution in [0.2, 0.25) is 0 Å². The third-order valence-electron chi connectivity index (χ3n) is 5.17. The predicted molar refractivity (Wildman–Crippen MR) is 109 cm³/mol. The van der Waals surface area contributed by atoms with E-state index in [4.69, 9.17) is 4.52 Å². The van der Waals surface area contributed by atoms with Gasteiger partial charge in [0.05, 0.1) is 18.2 Å². The summed E-state index contributed by atoms with van der Waals surface area (Å²) in [6.07, 6.45) is 1.73. The highest BCUT2D eigenvalue weighted by Gasteiger charge is 2.27. The molecule has 1 saturated heterocycles. The number of piperidine rings is 1. The summed E-state index contributed by atoms with van der Waals surface area (Å²) in [7, 11) is 0. The number of aryl methyl sites for hydroxylation is 1. The number of rotatable bonds is 5. The topological polar surface area (TPSA) is 91.5 Å². The van der Waals surface area contributed by atoms with E-state index < -0.39 is 0 Å². The molecule has 0 unspecified atom stereocenters. The number of phenolic OH excluding ortho intramolecular Hbond substituents is 1. The first kappa shape index (κ1) is 19.1. The van der Waals surface area contributed by atoms with Crippen LogP contribution in [0, 0.1) is 12.8 Å². The van der Waals surface area contributed by atoms with E-state index in [1.54, 1.807) is 24.3 Å². The van der Waals surface area contributed by atoms with Crippen molar-refractivity contribution in [1.29, 1.82) is 0 Å². The number of carbonyl (C=O) groups excluding carboxylic acids is 1. The average molecular weight is 392 g/mol. The molecular formula is C22H24N4O3. The molecule has 1 amide bonds. The maximum Gasteiger partial charge on any atom is 0.257 e. The van der Waals surface area contributed by atoms with Crippen molar-refractivity contribution in [3.8, 4) is 17.2 Å². The molecule has 7 heteroatoms. The average Bonchev–Trinajstić information content (AvgIpc) is 3.19. The predicted octanol–water partition coefficient (Wildman–Crippen LogP) is 3.60. The van der Waals surface area contributed by atoms with Crippen molar-refractivity contribution >= 4 is 11.6 Å². The largest absolute Gasteiger partial charge is 0.506 e. The third-order valence-corrected chi connectivity index (χ3v) is 5.17. The Morgan fingerprint density at radius 1 is 1.24 bits per heavy atom. The van der Waals surface area contributed by atoms with E-state index in [9.17, 15) is 9.90 Å². The van der Waals surface area contributed by atoms with Gasteiger partial charge in [-0.15, -0.1) is 0 Å². The number of carbonyl (C=O) groups is 1. The number of hydrogen-bond donors (Lipinski definition) is 2. The number of aromatic nitrogens is 2. The molecule has 4 rings (SSSR count). The van der Waals surface area contributed by atoms with E-state index in [1.807, 2.05) is 31.2 Å². The summed E-state index contributed by atoms with van der Waals surface area (Å²) in [5.74, 6) is 0.966. The Morgan fingerprint density at radius 2 is 2.03 bits per heavy atom. The fourth-order valence-corrected chi connectivity index (χ4v) is 3.56. The van der Waals surface area contributed by atoms with E-state index in [1.165, 1.54) is 5.56 Å². The zero-order valence-electron chi connectivity index (χ0n) is 16.3. The minimum Gasteiger partial charge on any atom is -0.506 e. The summed E-state index contributed by atoms with van der Waals surface area (Å²) in [5, 5.41) is 16.8. The summed E-state index contributed by atoms with van der Waals surface area (Å²) in [6.45, 7) is 4.07. The summed E-state index contributed by atoms with van der Waals surface area (Å²) >= 11 is 0. The van der Waals surface area contributed by atoms with Gasteiger partial charge in [-0.1, -0.05) is 35.0 Å². The van der Waals surface area contributed by atoms with Crippen LogP contribution in [0.15, 0.2) is 53.1 Å². The van der Waals surface area contributed by atoms with E-state index in [0.717, 1.165) is 24.9 Å². The van der Waals surface area contributed by atoms with Crippen LogP contribution >= 0.6 is 0 Å². The number of phenols is 1. The SMILES string of the molecule is Cc1ccc(-c2nc(CN3CCC[C@H](C(=O)Nc4ccccc4O)C3)no2)cc1. The molecule has 2 aromatic carbocycles. The Morgan fingerprint density at radius 3 is 2.83 bits per heavy atom. The van der Waals surface area contributed by atoms with E-state index in [0.29, 0.717) is 30.5 Å². The lowest BCUT2D eigenvalue weighted by Gasteiger charge is -2.31. The van der Waals surface area contributed by atoms with Gasteiger partial charge in [0.15, 0.2) is 5.82 Å². The van der Waals surface area contributed by atoms with Crippen molar-refractivity contribution < 1.29 is 14.4 Å². The maximum absolute atomic E-state index is 12.6. The van der Waals surface area contributed by atoms with Gasteiger partial charge in [-0.05, 0) is 50.6 Å². The normalized spacial score (nSPS) is 17.2. The number of likely N-dealkylation sites (tertiary alicyclic amines) is 1. The molecule has 0 spiro atoms. The monoisotopic (exact) mass is 392 g/mol. The number of amides is 1. The molecule has 2 heterocycles. The molecule has 150 valence electrons. The molecule has 1 aromatic heterocycles. The lowest BCUT2D eigenvalue weighted by atomic mass is 9.97. The van der Waals surface area contributed by atoms with E-state index in [2.05, 4.69) is 20.4 Å². The number of anilines is 1.